The Kier molecular flexibility index (Phi) is 3.26. The zero-order valence-electron chi connectivity index (χ0n) is 9.56. The third-order valence-corrected chi connectivity index (χ3v) is 5.81. The van der Waals surface area contributed by atoms with E-state index in [9.17, 15) is 0 Å². The molecule has 0 saturated heterocycles. The normalized spacial score (nSPS) is 40.3. The first-order valence-corrected chi connectivity index (χ1v) is 7.41. The molecule has 0 aromatic carbocycles. The van der Waals surface area contributed by atoms with Crippen molar-refractivity contribution in [3.63, 3.8) is 0 Å². The zero-order chi connectivity index (χ0) is 10.2. The van der Waals surface area contributed by atoms with Gasteiger partial charge in [0.1, 0.15) is 0 Å². The summed E-state index contributed by atoms with van der Waals surface area (Å²) in [6, 6.07) is 0. The van der Waals surface area contributed by atoms with Crippen molar-refractivity contribution < 1.29 is 0 Å². The number of halogens is 1. The summed E-state index contributed by atoms with van der Waals surface area (Å²) in [6.07, 6.45) is 8.84. The molecule has 2 atom stereocenters. The van der Waals surface area contributed by atoms with Crippen LogP contribution >= 0.6 is 15.9 Å². The van der Waals surface area contributed by atoms with Crippen molar-refractivity contribution in [1.29, 1.82) is 0 Å². The lowest BCUT2D eigenvalue weighted by atomic mass is 9.76. The summed E-state index contributed by atoms with van der Waals surface area (Å²) in [6.45, 7) is 4.71. The molecular weight excluding hydrogens is 236 g/mol. The maximum Gasteiger partial charge on any atom is 0.00882 e. The maximum absolute atomic E-state index is 3.77. The number of alkyl halides is 1. The quantitative estimate of drug-likeness (QED) is 0.632. The van der Waals surface area contributed by atoms with E-state index in [1.165, 1.54) is 37.4 Å². The van der Waals surface area contributed by atoms with Gasteiger partial charge in [-0.2, -0.15) is 0 Å². The van der Waals surface area contributed by atoms with Gasteiger partial charge in [0.2, 0.25) is 0 Å². The van der Waals surface area contributed by atoms with Gasteiger partial charge < -0.3 is 0 Å². The third kappa shape index (κ3) is 2.03. The smallest absolute Gasteiger partial charge is 0.00882 e. The SMILES string of the molecule is CCC(CC)CC1(CBr)CC2CC2C1. The van der Waals surface area contributed by atoms with Gasteiger partial charge in [0.25, 0.3) is 0 Å². The number of fused-ring (bicyclic) bond motifs is 1. The Morgan fingerprint density at radius 3 is 2.21 bits per heavy atom. The van der Waals surface area contributed by atoms with Crippen LogP contribution in [0, 0.1) is 23.2 Å². The lowest BCUT2D eigenvalue weighted by Gasteiger charge is -2.32. The van der Waals surface area contributed by atoms with Crippen LogP contribution < -0.4 is 0 Å². The highest BCUT2D eigenvalue weighted by atomic mass is 79.9. The van der Waals surface area contributed by atoms with Crippen LogP contribution in [0.15, 0.2) is 0 Å². The van der Waals surface area contributed by atoms with Gasteiger partial charge in [-0.15, -0.1) is 0 Å². The summed E-state index contributed by atoms with van der Waals surface area (Å²) in [4.78, 5) is 0. The molecule has 0 bridgehead atoms. The Hall–Kier alpha value is 0.480. The van der Waals surface area contributed by atoms with Crippen LogP contribution in [0.25, 0.3) is 0 Å². The number of hydrogen-bond donors (Lipinski definition) is 0. The second-order valence-corrected chi connectivity index (χ2v) is 6.25. The summed E-state index contributed by atoms with van der Waals surface area (Å²) < 4.78 is 0. The second kappa shape index (κ2) is 4.15. The largest absolute Gasteiger partial charge is 0.0922 e. The molecule has 2 aliphatic carbocycles. The average molecular weight is 259 g/mol. The second-order valence-electron chi connectivity index (χ2n) is 5.68. The van der Waals surface area contributed by atoms with E-state index in [2.05, 4.69) is 29.8 Å². The molecule has 2 saturated carbocycles. The summed E-state index contributed by atoms with van der Waals surface area (Å²) in [7, 11) is 0. The first kappa shape index (κ1) is 11.0. The molecule has 0 radical (unpaired) electrons. The van der Waals surface area contributed by atoms with E-state index >= 15 is 0 Å². The van der Waals surface area contributed by atoms with E-state index < -0.39 is 0 Å². The van der Waals surface area contributed by atoms with Gasteiger partial charge in [-0.1, -0.05) is 42.6 Å². The van der Waals surface area contributed by atoms with Crippen LogP contribution in [0.5, 0.6) is 0 Å². The van der Waals surface area contributed by atoms with Crippen molar-refractivity contribution >= 4 is 15.9 Å². The highest BCUT2D eigenvalue weighted by molar-refractivity contribution is 9.09. The molecule has 0 N–H and O–H groups in total. The Labute approximate surface area is 97.0 Å². The average Bonchev–Trinajstić information content (AvgIpc) is 2.84. The Morgan fingerprint density at radius 2 is 1.79 bits per heavy atom. The van der Waals surface area contributed by atoms with Crippen molar-refractivity contribution in [3.05, 3.63) is 0 Å². The molecule has 0 aliphatic heterocycles. The summed E-state index contributed by atoms with van der Waals surface area (Å²) in [5, 5.41) is 1.25. The third-order valence-electron chi connectivity index (χ3n) is 4.62. The van der Waals surface area contributed by atoms with Gasteiger partial charge in [0, 0.05) is 5.33 Å². The van der Waals surface area contributed by atoms with Crippen molar-refractivity contribution in [1.82, 2.24) is 0 Å². The fourth-order valence-electron chi connectivity index (χ4n) is 3.53. The molecular formula is C13H23Br. The van der Waals surface area contributed by atoms with Gasteiger partial charge in [-0.25, -0.2) is 0 Å². The van der Waals surface area contributed by atoms with Crippen LogP contribution in [-0.2, 0) is 0 Å². The predicted molar refractivity (Wildman–Crippen MR) is 65.7 cm³/mol. The monoisotopic (exact) mass is 258 g/mol. The first-order chi connectivity index (χ1) is 6.73. The van der Waals surface area contributed by atoms with E-state index in [1.54, 1.807) is 6.42 Å². The minimum atomic E-state index is 0.699. The van der Waals surface area contributed by atoms with Gasteiger partial charge in [0.05, 0.1) is 0 Å². The van der Waals surface area contributed by atoms with Crippen LogP contribution in [0.3, 0.4) is 0 Å². The van der Waals surface area contributed by atoms with E-state index in [0.29, 0.717) is 5.41 Å². The van der Waals surface area contributed by atoms with E-state index in [-0.39, 0.29) is 0 Å². The highest BCUT2D eigenvalue weighted by Crippen LogP contribution is 2.62. The molecule has 2 fully saturated rings. The van der Waals surface area contributed by atoms with Crippen LogP contribution in [0.1, 0.15) is 52.4 Å². The van der Waals surface area contributed by atoms with Gasteiger partial charge in [-0.05, 0) is 48.9 Å². The van der Waals surface area contributed by atoms with Crippen LogP contribution in [-0.4, -0.2) is 5.33 Å². The van der Waals surface area contributed by atoms with Gasteiger partial charge in [-0.3, -0.25) is 0 Å². The molecule has 2 aliphatic rings. The number of rotatable bonds is 5. The Bertz CT molecular complexity index is 185. The minimum absolute atomic E-state index is 0.699. The lowest BCUT2D eigenvalue weighted by Crippen LogP contribution is -2.24. The molecule has 0 nitrogen and oxygen atoms in total. The van der Waals surface area contributed by atoms with Crippen molar-refractivity contribution in [2.24, 2.45) is 23.2 Å². The van der Waals surface area contributed by atoms with Crippen molar-refractivity contribution in [3.8, 4) is 0 Å². The molecule has 1 heteroatoms. The fourth-order valence-corrected chi connectivity index (χ4v) is 4.21. The summed E-state index contributed by atoms with van der Waals surface area (Å²) in [5.41, 5.74) is 0.699. The fraction of sp³-hybridized carbons (Fsp3) is 1.00. The molecule has 0 heterocycles. The molecule has 0 aromatic rings. The Balaban J connectivity index is 1.92. The molecule has 2 rings (SSSR count). The van der Waals surface area contributed by atoms with Crippen molar-refractivity contribution in [2.45, 2.75) is 52.4 Å². The van der Waals surface area contributed by atoms with E-state index in [0.717, 1.165) is 17.8 Å². The van der Waals surface area contributed by atoms with E-state index in [1.807, 2.05) is 0 Å². The molecule has 0 spiro atoms. The summed E-state index contributed by atoms with van der Waals surface area (Å²) >= 11 is 3.77. The standard InChI is InChI=1S/C13H23Br/c1-3-10(4-2)6-13(9-14)7-11-5-12(11)8-13/h10-12H,3-9H2,1-2H3. The van der Waals surface area contributed by atoms with E-state index in [4.69, 9.17) is 0 Å². The maximum atomic E-state index is 3.77. The van der Waals surface area contributed by atoms with Crippen molar-refractivity contribution in [2.75, 3.05) is 5.33 Å². The lowest BCUT2D eigenvalue weighted by molar-refractivity contribution is 0.223. The van der Waals surface area contributed by atoms with Gasteiger partial charge in [0.15, 0.2) is 0 Å². The zero-order valence-corrected chi connectivity index (χ0v) is 11.1. The molecule has 0 amide bonds. The number of hydrogen-bond acceptors (Lipinski definition) is 0. The first-order valence-electron chi connectivity index (χ1n) is 6.29. The highest BCUT2D eigenvalue weighted by Gasteiger charge is 2.53. The molecule has 2 unspecified atom stereocenters. The summed E-state index contributed by atoms with van der Waals surface area (Å²) in [5.74, 6) is 3.23. The molecule has 14 heavy (non-hydrogen) atoms. The minimum Gasteiger partial charge on any atom is -0.0922 e. The molecule has 82 valence electrons. The molecule has 0 aromatic heterocycles. The van der Waals surface area contributed by atoms with Crippen LogP contribution in [0.4, 0.5) is 0 Å². The van der Waals surface area contributed by atoms with Crippen LogP contribution in [0.2, 0.25) is 0 Å². The Morgan fingerprint density at radius 1 is 1.21 bits per heavy atom. The van der Waals surface area contributed by atoms with Gasteiger partial charge >= 0.3 is 0 Å². The topological polar surface area (TPSA) is 0 Å². The predicted octanol–water partition coefficient (Wildman–Crippen LogP) is 4.62.